The summed E-state index contributed by atoms with van der Waals surface area (Å²) in [5.74, 6) is 1.60. The normalized spacial score (nSPS) is 22.9. The van der Waals surface area contributed by atoms with Gasteiger partial charge in [0.2, 0.25) is 5.91 Å². The summed E-state index contributed by atoms with van der Waals surface area (Å²) in [6.45, 7) is 2.36. The lowest BCUT2D eigenvalue weighted by molar-refractivity contribution is -0.147. The van der Waals surface area contributed by atoms with Crippen LogP contribution in [-0.4, -0.2) is 71.0 Å². The highest BCUT2D eigenvalue weighted by Gasteiger charge is 2.30. The van der Waals surface area contributed by atoms with Crippen LogP contribution in [0.2, 0.25) is 0 Å². The SMILES string of the molecule is COC1CCCCN(CC(=O)N2CCC(Cc3ncc[nH]3)CC2)C1=O. The van der Waals surface area contributed by atoms with Gasteiger partial charge in [0, 0.05) is 45.6 Å². The molecule has 3 rings (SSSR count). The van der Waals surface area contributed by atoms with E-state index in [1.165, 1.54) is 0 Å². The second-order valence-electron chi connectivity index (χ2n) is 7.04. The number of ether oxygens (including phenoxy) is 1. The molecule has 1 aromatic heterocycles. The maximum Gasteiger partial charge on any atom is 0.252 e. The molecule has 1 aromatic rings. The molecule has 2 amide bonds. The second-order valence-corrected chi connectivity index (χ2v) is 7.04. The fraction of sp³-hybridized carbons (Fsp3) is 0.722. The van der Waals surface area contributed by atoms with Crippen molar-refractivity contribution in [2.75, 3.05) is 33.3 Å². The molecule has 3 heterocycles. The van der Waals surface area contributed by atoms with Crippen molar-refractivity contribution in [3.8, 4) is 0 Å². The molecule has 2 fully saturated rings. The number of imidazole rings is 1. The molecule has 0 aromatic carbocycles. The lowest BCUT2D eigenvalue weighted by Gasteiger charge is -2.33. The smallest absolute Gasteiger partial charge is 0.252 e. The summed E-state index contributed by atoms with van der Waals surface area (Å²) in [4.78, 5) is 36.1. The van der Waals surface area contributed by atoms with E-state index in [1.807, 2.05) is 11.1 Å². The molecule has 2 aliphatic heterocycles. The van der Waals surface area contributed by atoms with E-state index in [-0.39, 0.29) is 18.4 Å². The van der Waals surface area contributed by atoms with E-state index < -0.39 is 6.10 Å². The van der Waals surface area contributed by atoms with Gasteiger partial charge in [-0.25, -0.2) is 4.98 Å². The summed E-state index contributed by atoms with van der Waals surface area (Å²) < 4.78 is 5.28. The van der Waals surface area contributed by atoms with Gasteiger partial charge in [0.05, 0.1) is 6.54 Å². The standard InChI is InChI=1S/C18H28N4O3/c1-25-15-4-2-3-9-22(18(15)24)13-17(23)21-10-5-14(6-11-21)12-16-19-7-8-20-16/h7-8,14-15H,2-6,9-13H2,1H3,(H,19,20). The predicted molar refractivity (Wildman–Crippen MR) is 92.8 cm³/mol. The highest BCUT2D eigenvalue weighted by atomic mass is 16.5. The van der Waals surface area contributed by atoms with E-state index >= 15 is 0 Å². The van der Waals surface area contributed by atoms with Crippen molar-refractivity contribution in [1.29, 1.82) is 0 Å². The molecule has 1 N–H and O–H groups in total. The fourth-order valence-corrected chi connectivity index (χ4v) is 3.78. The Balaban J connectivity index is 1.48. The Bertz CT molecular complexity index is 567. The van der Waals surface area contributed by atoms with Gasteiger partial charge in [-0.3, -0.25) is 9.59 Å². The lowest BCUT2D eigenvalue weighted by atomic mass is 9.93. The van der Waals surface area contributed by atoms with Crippen LogP contribution in [0.5, 0.6) is 0 Å². The van der Waals surface area contributed by atoms with Gasteiger partial charge in [-0.2, -0.15) is 0 Å². The summed E-state index contributed by atoms with van der Waals surface area (Å²) in [7, 11) is 1.57. The molecule has 2 aliphatic rings. The number of piperidine rings is 1. The quantitative estimate of drug-likeness (QED) is 0.868. The van der Waals surface area contributed by atoms with Crippen molar-refractivity contribution in [3.63, 3.8) is 0 Å². The van der Waals surface area contributed by atoms with Crippen LogP contribution in [0.1, 0.15) is 37.9 Å². The van der Waals surface area contributed by atoms with E-state index in [9.17, 15) is 9.59 Å². The molecule has 0 saturated carbocycles. The molecule has 0 spiro atoms. The van der Waals surface area contributed by atoms with Crippen molar-refractivity contribution >= 4 is 11.8 Å². The van der Waals surface area contributed by atoms with Crippen molar-refractivity contribution in [1.82, 2.24) is 19.8 Å². The van der Waals surface area contributed by atoms with Gasteiger partial charge in [0.1, 0.15) is 11.9 Å². The van der Waals surface area contributed by atoms with Gasteiger partial charge in [-0.15, -0.1) is 0 Å². The molecule has 138 valence electrons. The number of hydrogen-bond donors (Lipinski definition) is 1. The van der Waals surface area contributed by atoms with Gasteiger partial charge in [0.25, 0.3) is 5.91 Å². The predicted octanol–water partition coefficient (Wildman–Crippen LogP) is 1.22. The minimum absolute atomic E-state index is 0.0407. The Hall–Kier alpha value is -1.89. The van der Waals surface area contributed by atoms with Gasteiger partial charge >= 0.3 is 0 Å². The first-order chi connectivity index (χ1) is 12.2. The number of nitrogens with zero attached hydrogens (tertiary/aromatic N) is 3. The first-order valence-corrected chi connectivity index (χ1v) is 9.25. The van der Waals surface area contributed by atoms with Gasteiger partial charge in [0.15, 0.2) is 0 Å². The topological polar surface area (TPSA) is 78.5 Å². The van der Waals surface area contributed by atoms with Gasteiger partial charge in [-0.05, 0) is 38.0 Å². The van der Waals surface area contributed by atoms with Crippen LogP contribution in [0.15, 0.2) is 12.4 Å². The highest BCUT2D eigenvalue weighted by Crippen LogP contribution is 2.21. The van der Waals surface area contributed by atoms with E-state index in [0.717, 1.165) is 57.4 Å². The third kappa shape index (κ3) is 4.60. The first-order valence-electron chi connectivity index (χ1n) is 9.25. The average Bonchev–Trinajstić information content (AvgIpc) is 3.07. The Kier molecular flexibility index (Phi) is 6.07. The number of hydrogen-bond acceptors (Lipinski definition) is 4. The van der Waals surface area contributed by atoms with Crippen molar-refractivity contribution in [2.24, 2.45) is 5.92 Å². The third-order valence-electron chi connectivity index (χ3n) is 5.35. The Morgan fingerprint density at radius 2 is 2.08 bits per heavy atom. The average molecular weight is 348 g/mol. The monoisotopic (exact) mass is 348 g/mol. The number of amides is 2. The number of aromatic nitrogens is 2. The van der Waals surface area contributed by atoms with E-state index in [1.54, 1.807) is 18.2 Å². The Labute approximate surface area is 148 Å². The van der Waals surface area contributed by atoms with Gasteiger partial charge in [-0.1, -0.05) is 0 Å². The zero-order chi connectivity index (χ0) is 17.6. The minimum Gasteiger partial charge on any atom is -0.372 e. The number of carbonyl (C=O) groups is 2. The molecular weight excluding hydrogens is 320 g/mol. The van der Waals surface area contributed by atoms with Crippen LogP contribution in [0.4, 0.5) is 0 Å². The number of rotatable bonds is 5. The number of likely N-dealkylation sites (tertiary alicyclic amines) is 2. The molecule has 2 saturated heterocycles. The van der Waals surface area contributed by atoms with Crippen molar-refractivity contribution in [2.45, 2.75) is 44.6 Å². The maximum absolute atomic E-state index is 12.6. The number of aromatic amines is 1. The van der Waals surface area contributed by atoms with Crippen LogP contribution < -0.4 is 0 Å². The van der Waals surface area contributed by atoms with E-state index in [2.05, 4.69) is 9.97 Å². The lowest BCUT2D eigenvalue weighted by Crippen LogP contribution is -2.48. The van der Waals surface area contributed by atoms with Crippen LogP contribution in [0.25, 0.3) is 0 Å². The van der Waals surface area contributed by atoms with Crippen molar-refractivity contribution in [3.05, 3.63) is 18.2 Å². The molecule has 0 bridgehead atoms. The second kappa shape index (κ2) is 8.47. The van der Waals surface area contributed by atoms with Gasteiger partial charge < -0.3 is 19.5 Å². The molecule has 0 aliphatic carbocycles. The first kappa shape index (κ1) is 17.9. The number of H-pyrrole nitrogens is 1. The van der Waals surface area contributed by atoms with Crippen LogP contribution in [0.3, 0.4) is 0 Å². The van der Waals surface area contributed by atoms with E-state index in [0.29, 0.717) is 12.5 Å². The summed E-state index contributed by atoms with van der Waals surface area (Å²) in [6, 6.07) is 0. The molecule has 1 atom stereocenters. The summed E-state index contributed by atoms with van der Waals surface area (Å²) in [5, 5.41) is 0. The minimum atomic E-state index is -0.394. The van der Waals surface area contributed by atoms with Crippen LogP contribution in [0, 0.1) is 5.92 Å². The number of methoxy groups -OCH3 is 1. The summed E-state index contributed by atoms with van der Waals surface area (Å²) in [6.07, 6.45) is 8.79. The Morgan fingerprint density at radius 3 is 2.76 bits per heavy atom. The molecule has 7 heteroatoms. The molecule has 0 radical (unpaired) electrons. The zero-order valence-corrected chi connectivity index (χ0v) is 14.9. The molecule has 7 nitrogen and oxygen atoms in total. The van der Waals surface area contributed by atoms with Crippen LogP contribution in [-0.2, 0) is 20.7 Å². The summed E-state index contributed by atoms with van der Waals surface area (Å²) >= 11 is 0. The van der Waals surface area contributed by atoms with Crippen molar-refractivity contribution < 1.29 is 14.3 Å². The molecular formula is C18H28N4O3. The maximum atomic E-state index is 12.6. The number of nitrogens with one attached hydrogen (secondary N) is 1. The third-order valence-corrected chi connectivity index (χ3v) is 5.35. The van der Waals surface area contributed by atoms with Crippen LogP contribution >= 0.6 is 0 Å². The molecule has 1 unspecified atom stereocenters. The highest BCUT2D eigenvalue weighted by molar-refractivity contribution is 5.87. The summed E-state index contributed by atoms with van der Waals surface area (Å²) in [5.41, 5.74) is 0. The molecule has 25 heavy (non-hydrogen) atoms. The fourth-order valence-electron chi connectivity index (χ4n) is 3.78. The largest absolute Gasteiger partial charge is 0.372 e. The zero-order valence-electron chi connectivity index (χ0n) is 14.9. The van der Waals surface area contributed by atoms with E-state index in [4.69, 9.17) is 4.74 Å². The Morgan fingerprint density at radius 1 is 1.28 bits per heavy atom. The number of carbonyl (C=O) groups excluding carboxylic acids is 2.